The van der Waals surface area contributed by atoms with E-state index < -0.39 is 5.91 Å². The van der Waals surface area contributed by atoms with E-state index in [1.807, 2.05) is 35.0 Å². The minimum Gasteiger partial charge on any atom is -0.476 e. The van der Waals surface area contributed by atoms with Crippen LogP contribution in [0.4, 0.5) is 0 Å². The molecule has 0 fully saturated rings. The van der Waals surface area contributed by atoms with E-state index in [9.17, 15) is 4.79 Å². The largest absolute Gasteiger partial charge is 0.476 e. The maximum Gasteiger partial charge on any atom is 0.274 e. The van der Waals surface area contributed by atoms with Gasteiger partial charge in [-0.25, -0.2) is 10.5 Å². The summed E-state index contributed by atoms with van der Waals surface area (Å²) in [6.45, 7) is 1.10. The van der Waals surface area contributed by atoms with Gasteiger partial charge in [0.05, 0.1) is 6.54 Å². The number of carbonyl (C=O) groups is 1. The van der Waals surface area contributed by atoms with E-state index in [1.54, 1.807) is 29.9 Å². The van der Waals surface area contributed by atoms with Gasteiger partial charge in [0, 0.05) is 29.5 Å². The Hall–Kier alpha value is -2.86. The monoisotopic (exact) mass is 297 g/mol. The van der Waals surface area contributed by atoms with Crippen LogP contribution in [-0.4, -0.2) is 27.3 Å². The summed E-state index contributed by atoms with van der Waals surface area (Å²) in [5, 5.41) is 9.74. The lowest BCUT2D eigenvalue weighted by atomic mass is 10.1. The van der Waals surface area contributed by atoms with Gasteiger partial charge in [-0.3, -0.25) is 10.0 Å². The average molecular weight is 297 g/mol. The number of nitrogens with zero attached hydrogens (tertiary/aromatic N) is 2. The first-order valence-electron chi connectivity index (χ1n) is 6.85. The molecule has 0 saturated carbocycles. The van der Waals surface area contributed by atoms with Crippen LogP contribution in [0.3, 0.4) is 0 Å². The molecule has 0 atom stereocenters. The Morgan fingerprint density at radius 2 is 2.18 bits per heavy atom. The second kappa shape index (κ2) is 6.28. The standard InChI is InChI=1S/C16H15N3O3/c20-16(18-21)13-5-4-12-6-8-19(14(12)11-13)9-10-22-15-3-1-2-7-17-15/h1-8,11,21H,9-10H2,(H,18,20). The van der Waals surface area contributed by atoms with Crippen LogP contribution in [0.5, 0.6) is 5.88 Å². The molecule has 1 amide bonds. The normalized spacial score (nSPS) is 10.6. The smallest absolute Gasteiger partial charge is 0.274 e. The van der Waals surface area contributed by atoms with Gasteiger partial charge in [0.25, 0.3) is 5.91 Å². The topological polar surface area (TPSA) is 76.4 Å². The van der Waals surface area contributed by atoms with Gasteiger partial charge in [-0.15, -0.1) is 0 Å². The van der Waals surface area contributed by atoms with Crippen LogP contribution in [0, 0.1) is 0 Å². The highest BCUT2D eigenvalue weighted by molar-refractivity contribution is 5.97. The fourth-order valence-electron chi connectivity index (χ4n) is 2.27. The van der Waals surface area contributed by atoms with E-state index in [4.69, 9.17) is 9.94 Å². The van der Waals surface area contributed by atoms with Gasteiger partial charge in [0.1, 0.15) is 6.61 Å². The number of amides is 1. The molecule has 0 radical (unpaired) electrons. The van der Waals surface area contributed by atoms with Crippen molar-refractivity contribution in [3.63, 3.8) is 0 Å². The Labute approximate surface area is 126 Å². The van der Waals surface area contributed by atoms with E-state index >= 15 is 0 Å². The van der Waals surface area contributed by atoms with Gasteiger partial charge in [-0.05, 0) is 29.7 Å². The predicted molar refractivity (Wildman–Crippen MR) is 80.9 cm³/mol. The summed E-state index contributed by atoms with van der Waals surface area (Å²) in [7, 11) is 0. The van der Waals surface area contributed by atoms with Crippen molar-refractivity contribution in [3.8, 4) is 5.88 Å². The maximum atomic E-state index is 11.5. The van der Waals surface area contributed by atoms with E-state index in [2.05, 4.69) is 4.98 Å². The quantitative estimate of drug-likeness (QED) is 0.559. The lowest BCUT2D eigenvalue weighted by Crippen LogP contribution is -2.18. The van der Waals surface area contributed by atoms with Crippen LogP contribution in [-0.2, 0) is 6.54 Å². The minimum absolute atomic E-state index is 0.403. The zero-order valence-corrected chi connectivity index (χ0v) is 11.8. The highest BCUT2D eigenvalue weighted by atomic mass is 16.5. The molecular weight excluding hydrogens is 282 g/mol. The third-order valence-electron chi connectivity index (χ3n) is 3.36. The van der Waals surface area contributed by atoms with Crippen molar-refractivity contribution in [2.45, 2.75) is 6.54 Å². The van der Waals surface area contributed by atoms with Gasteiger partial charge >= 0.3 is 0 Å². The average Bonchev–Trinajstić information content (AvgIpc) is 2.97. The molecule has 6 heteroatoms. The molecule has 0 saturated heterocycles. The molecule has 0 unspecified atom stereocenters. The molecule has 3 aromatic rings. The summed E-state index contributed by atoms with van der Waals surface area (Å²) in [4.78, 5) is 15.6. The minimum atomic E-state index is -0.528. The fourth-order valence-corrected chi connectivity index (χ4v) is 2.27. The molecule has 2 heterocycles. The second-order valence-corrected chi connectivity index (χ2v) is 4.74. The highest BCUT2D eigenvalue weighted by Gasteiger charge is 2.07. The van der Waals surface area contributed by atoms with Crippen LogP contribution in [0.1, 0.15) is 10.4 Å². The maximum absolute atomic E-state index is 11.5. The molecule has 0 bridgehead atoms. The Balaban J connectivity index is 1.74. The number of aromatic nitrogens is 2. The van der Waals surface area contributed by atoms with Crippen molar-refractivity contribution >= 4 is 16.8 Å². The summed E-state index contributed by atoms with van der Waals surface area (Å²) in [5.41, 5.74) is 2.95. The number of pyridine rings is 1. The van der Waals surface area contributed by atoms with E-state index in [1.165, 1.54) is 0 Å². The molecule has 0 spiro atoms. The molecule has 22 heavy (non-hydrogen) atoms. The van der Waals surface area contributed by atoms with Crippen LogP contribution >= 0.6 is 0 Å². The molecule has 3 rings (SSSR count). The van der Waals surface area contributed by atoms with Gasteiger partial charge in [0.15, 0.2) is 0 Å². The Morgan fingerprint density at radius 3 is 2.95 bits per heavy atom. The third-order valence-corrected chi connectivity index (χ3v) is 3.36. The number of hydroxylamine groups is 1. The summed E-state index contributed by atoms with van der Waals surface area (Å²) < 4.78 is 7.57. The number of carbonyl (C=O) groups excluding carboxylic acids is 1. The van der Waals surface area contributed by atoms with Gasteiger partial charge in [-0.1, -0.05) is 12.1 Å². The first-order valence-corrected chi connectivity index (χ1v) is 6.85. The van der Waals surface area contributed by atoms with E-state index in [0.717, 1.165) is 10.9 Å². The van der Waals surface area contributed by atoms with Crippen LogP contribution < -0.4 is 10.2 Å². The van der Waals surface area contributed by atoms with Crippen molar-refractivity contribution in [2.75, 3.05) is 6.61 Å². The molecule has 2 aromatic heterocycles. The Morgan fingerprint density at radius 1 is 1.27 bits per heavy atom. The Kier molecular flexibility index (Phi) is 4.02. The number of rotatable bonds is 5. The summed E-state index contributed by atoms with van der Waals surface area (Å²) >= 11 is 0. The SMILES string of the molecule is O=C(NO)c1ccc2ccn(CCOc3ccccn3)c2c1. The molecule has 0 aliphatic carbocycles. The first kappa shape index (κ1) is 14.1. The van der Waals surface area contributed by atoms with Gasteiger partial charge in [-0.2, -0.15) is 0 Å². The molecule has 1 aromatic carbocycles. The van der Waals surface area contributed by atoms with Crippen molar-refractivity contribution < 1.29 is 14.7 Å². The van der Waals surface area contributed by atoms with Gasteiger partial charge in [0.2, 0.25) is 5.88 Å². The molecule has 6 nitrogen and oxygen atoms in total. The molecule has 2 N–H and O–H groups in total. The highest BCUT2D eigenvalue weighted by Crippen LogP contribution is 2.18. The van der Waals surface area contributed by atoms with Crippen LogP contribution in [0.25, 0.3) is 10.9 Å². The number of benzene rings is 1. The van der Waals surface area contributed by atoms with Crippen molar-refractivity contribution in [2.24, 2.45) is 0 Å². The number of fused-ring (bicyclic) bond motifs is 1. The molecule has 0 aliphatic heterocycles. The first-order chi connectivity index (χ1) is 10.8. The zero-order valence-electron chi connectivity index (χ0n) is 11.8. The lowest BCUT2D eigenvalue weighted by Gasteiger charge is -2.08. The van der Waals surface area contributed by atoms with Crippen LogP contribution in [0.2, 0.25) is 0 Å². The molecular formula is C16H15N3O3. The second-order valence-electron chi connectivity index (χ2n) is 4.74. The number of hydrogen-bond donors (Lipinski definition) is 2. The van der Waals surface area contributed by atoms with Crippen molar-refractivity contribution in [1.29, 1.82) is 0 Å². The fraction of sp³-hybridized carbons (Fsp3) is 0.125. The number of nitrogens with one attached hydrogen (secondary N) is 1. The zero-order chi connectivity index (χ0) is 15.4. The predicted octanol–water partition coefficient (Wildman–Crippen LogP) is 2.23. The third kappa shape index (κ3) is 2.91. The summed E-state index contributed by atoms with van der Waals surface area (Å²) in [6.07, 6.45) is 3.62. The molecule has 112 valence electrons. The Bertz CT molecular complexity index is 784. The lowest BCUT2D eigenvalue weighted by molar-refractivity contribution is 0.0706. The van der Waals surface area contributed by atoms with Gasteiger partial charge < -0.3 is 9.30 Å². The summed E-state index contributed by atoms with van der Waals surface area (Å²) in [5.74, 6) is 0.0543. The van der Waals surface area contributed by atoms with E-state index in [-0.39, 0.29) is 0 Å². The van der Waals surface area contributed by atoms with Crippen LogP contribution in [0.15, 0.2) is 54.9 Å². The summed E-state index contributed by atoms with van der Waals surface area (Å²) in [6, 6.07) is 12.7. The molecule has 0 aliphatic rings. The van der Waals surface area contributed by atoms with Crippen molar-refractivity contribution in [1.82, 2.24) is 15.0 Å². The van der Waals surface area contributed by atoms with Crippen molar-refractivity contribution in [3.05, 3.63) is 60.4 Å². The number of ether oxygens (including phenoxy) is 1. The number of hydrogen-bond acceptors (Lipinski definition) is 4. The van der Waals surface area contributed by atoms with E-state index in [0.29, 0.717) is 24.6 Å².